The van der Waals surface area contributed by atoms with Crippen LogP contribution in [0.15, 0.2) is 36.4 Å². The van der Waals surface area contributed by atoms with Gasteiger partial charge in [0.2, 0.25) is 17.7 Å². The van der Waals surface area contributed by atoms with E-state index in [1.54, 1.807) is 0 Å². The lowest BCUT2D eigenvalue weighted by Gasteiger charge is -2.12. The van der Waals surface area contributed by atoms with E-state index in [0.29, 0.717) is 5.13 Å². The van der Waals surface area contributed by atoms with Crippen LogP contribution in [0.25, 0.3) is 32.5 Å². The van der Waals surface area contributed by atoms with Crippen LogP contribution in [0.1, 0.15) is 12.8 Å². The van der Waals surface area contributed by atoms with Crippen LogP contribution in [0.2, 0.25) is 0 Å². The first-order valence-electron chi connectivity index (χ1n) is 8.28. The Morgan fingerprint density at radius 1 is 1.08 bits per heavy atom. The lowest BCUT2D eigenvalue weighted by molar-refractivity contribution is -0.141. The smallest absolute Gasteiger partial charge is 0.246 e. The number of benzene rings is 2. The van der Waals surface area contributed by atoms with Crippen molar-refractivity contribution in [2.45, 2.75) is 12.8 Å². The summed E-state index contributed by atoms with van der Waals surface area (Å²) >= 11 is 1.41. The molecule has 128 valence electrons. The molecule has 0 saturated carbocycles. The van der Waals surface area contributed by atoms with Crippen molar-refractivity contribution in [2.24, 2.45) is 0 Å². The zero-order valence-corrected chi connectivity index (χ0v) is 14.4. The molecular formula is C19H13N3O3S. The van der Waals surface area contributed by atoms with Gasteiger partial charge in [0, 0.05) is 24.0 Å². The first-order chi connectivity index (χ1) is 12.6. The van der Waals surface area contributed by atoms with Crippen LogP contribution in [-0.2, 0) is 14.4 Å². The Hall–Kier alpha value is -3.06. The topological polar surface area (TPSA) is 79.4 Å². The average molecular weight is 363 g/mol. The van der Waals surface area contributed by atoms with Crippen LogP contribution in [0.4, 0.5) is 5.13 Å². The summed E-state index contributed by atoms with van der Waals surface area (Å²) in [6.07, 6.45) is 0.358. The second-order valence-corrected chi connectivity index (χ2v) is 7.33. The van der Waals surface area contributed by atoms with E-state index in [1.807, 2.05) is 18.2 Å². The van der Waals surface area contributed by atoms with Gasteiger partial charge in [-0.25, -0.2) is 4.98 Å². The molecule has 3 amide bonds. The summed E-state index contributed by atoms with van der Waals surface area (Å²) in [5, 5.41) is 5.56. The fraction of sp³-hybridized carbons (Fsp3) is 0.158. The lowest BCUT2D eigenvalue weighted by atomic mass is 10.0. The highest BCUT2D eigenvalue weighted by Gasteiger charge is 2.31. The number of rotatable bonds is 3. The first kappa shape index (κ1) is 15.2. The number of amides is 3. The van der Waals surface area contributed by atoms with E-state index in [2.05, 4.69) is 28.5 Å². The Balaban J connectivity index is 1.43. The summed E-state index contributed by atoms with van der Waals surface area (Å²) in [5.74, 6) is -1.01. The minimum Gasteiger partial charge on any atom is -0.300 e. The highest BCUT2D eigenvalue weighted by Crippen LogP contribution is 2.50. The highest BCUT2D eigenvalue weighted by atomic mass is 32.1. The maximum Gasteiger partial charge on any atom is 0.246 e. The van der Waals surface area contributed by atoms with Crippen molar-refractivity contribution >= 4 is 45.0 Å². The van der Waals surface area contributed by atoms with Gasteiger partial charge in [0.1, 0.15) is 6.54 Å². The number of carbonyl (C=O) groups is 3. The molecule has 0 atom stereocenters. The number of aromatic nitrogens is 1. The minimum atomic E-state index is -0.410. The van der Waals surface area contributed by atoms with E-state index in [9.17, 15) is 14.4 Å². The Labute approximate surface area is 152 Å². The van der Waals surface area contributed by atoms with Crippen molar-refractivity contribution in [2.75, 3.05) is 11.9 Å². The third kappa shape index (κ3) is 2.17. The highest BCUT2D eigenvalue weighted by molar-refractivity contribution is 7.20. The molecule has 1 aliphatic heterocycles. The predicted octanol–water partition coefficient (Wildman–Crippen LogP) is 3.03. The van der Waals surface area contributed by atoms with Gasteiger partial charge in [-0.05, 0) is 10.8 Å². The lowest BCUT2D eigenvalue weighted by Crippen LogP contribution is -2.36. The average Bonchev–Trinajstić information content (AvgIpc) is 3.27. The van der Waals surface area contributed by atoms with E-state index >= 15 is 0 Å². The quantitative estimate of drug-likeness (QED) is 0.568. The standard InChI is InChI=1S/C19H13N3O3S/c23-13(9-22-14(24)7-8-15(22)25)20-19-21-17-11-5-1-3-10-4-2-6-12(16(10)11)18(17)26-19/h1-6H,7-9H2,(H,20,21,23). The summed E-state index contributed by atoms with van der Waals surface area (Å²) < 4.78 is 0. The van der Waals surface area contributed by atoms with Gasteiger partial charge >= 0.3 is 0 Å². The molecule has 1 saturated heterocycles. The maximum atomic E-state index is 12.2. The first-order valence-corrected chi connectivity index (χ1v) is 9.10. The second kappa shape index (κ2) is 5.47. The summed E-state index contributed by atoms with van der Waals surface area (Å²) in [4.78, 5) is 42.1. The number of imide groups is 1. The van der Waals surface area contributed by atoms with Gasteiger partial charge in [-0.3, -0.25) is 19.3 Å². The number of hydrogen-bond donors (Lipinski definition) is 1. The number of hydrogen-bond acceptors (Lipinski definition) is 5. The molecule has 1 aromatic heterocycles. The van der Waals surface area contributed by atoms with Crippen molar-refractivity contribution in [3.05, 3.63) is 36.4 Å². The Bertz CT molecular complexity index is 1050. The van der Waals surface area contributed by atoms with Gasteiger partial charge in [-0.2, -0.15) is 0 Å². The summed E-state index contributed by atoms with van der Waals surface area (Å²) in [7, 11) is 0. The van der Waals surface area contributed by atoms with Crippen LogP contribution >= 0.6 is 11.3 Å². The predicted molar refractivity (Wildman–Crippen MR) is 98.6 cm³/mol. The zero-order chi connectivity index (χ0) is 17.8. The molecular weight excluding hydrogens is 350 g/mol. The maximum absolute atomic E-state index is 12.2. The van der Waals surface area contributed by atoms with E-state index in [1.165, 1.54) is 22.1 Å². The Morgan fingerprint density at radius 2 is 1.77 bits per heavy atom. The summed E-state index contributed by atoms with van der Waals surface area (Å²) in [6, 6.07) is 12.3. The third-order valence-electron chi connectivity index (χ3n) is 4.73. The number of carbonyl (C=O) groups excluding carboxylic acids is 3. The molecule has 1 aliphatic carbocycles. The van der Waals surface area contributed by atoms with Crippen LogP contribution in [0.5, 0.6) is 0 Å². The molecule has 26 heavy (non-hydrogen) atoms. The molecule has 5 rings (SSSR count). The second-order valence-electron chi connectivity index (χ2n) is 6.33. The van der Waals surface area contributed by atoms with Crippen LogP contribution in [-0.4, -0.2) is 34.2 Å². The molecule has 0 bridgehead atoms. The molecule has 2 aliphatic rings. The number of thiazole rings is 1. The molecule has 2 heterocycles. The number of nitrogens with one attached hydrogen (secondary N) is 1. The van der Waals surface area contributed by atoms with Crippen LogP contribution < -0.4 is 5.32 Å². The fourth-order valence-electron chi connectivity index (χ4n) is 3.57. The summed E-state index contributed by atoms with van der Waals surface area (Å²) in [5.41, 5.74) is 3.05. The van der Waals surface area contributed by atoms with Crippen molar-refractivity contribution in [3.63, 3.8) is 0 Å². The fourth-order valence-corrected chi connectivity index (χ4v) is 4.60. The largest absolute Gasteiger partial charge is 0.300 e. The molecule has 7 heteroatoms. The molecule has 1 N–H and O–H groups in total. The number of nitrogens with zero attached hydrogens (tertiary/aromatic N) is 2. The zero-order valence-electron chi connectivity index (χ0n) is 13.6. The Morgan fingerprint density at radius 3 is 2.50 bits per heavy atom. The van der Waals surface area contributed by atoms with E-state index < -0.39 is 5.91 Å². The van der Waals surface area contributed by atoms with E-state index in [-0.39, 0.29) is 31.2 Å². The Kier molecular flexibility index (Phi) is 3.20. The van der Waals surface area contributed by atoms with E-state index in [4.69, 9.17) is 0 Å². The van der Waals surface area contributed by atoms with Gasteiger partial charge in [0.15, 0.2) is 5.13 Å². The third-order valence-corrected chi connectivity index (χ3v) is 5.74. The van der Waals surface area contributed by atoms with Gasteiger partial charge < -0.3 is 5.32 Å². The molecule has 0 spiro atoms. The molecule has 0 radical (unpaired) electrons. The van der Waals surface area contributed by atoms with Gasteiger partial charge in [-0.1, -0.05) is 47.7 Å². The van der Waals surface area contributed by atoms with Gasteiger partial charge in [0.05, 0.1) is 10.6 Å². The monoisotopic (exact) mass is 363 g/mol. The molecule has 2 aromatic carbocycles. The van der Waals surface area contributed by atoms with Gasteiger partial charge in [0.25, 0.3) is 0 Å². The normalized spacial score (nSPS) is 15.0. The number of fused-ring (bicyclic) bond motifs is 3. The van der Waals surface area contributed by atoms with E-state index in [0.717, 1.165) is 26.6 Å². The molecule has 6 nitrogen and oxygen atoms in total. The SMILES string of the molecule is O=C(CN1C(=O)CCC1=O)Nc1nc2c(s1)-c1cccc3cccc-2c13. The molecule has 3 aromatic rings. The number of likely N-dealkylation sites (tertiary alicyclic amines) is 1. The van der Waals surface area contributed by atoms with Crippen LogP contribution in [0.3, 0.4) is 0 Å². The van der Waals surface area contributed by atoms with Gasteiger partial charge in [-0.15, -0.1) is 0 Å². The van der Waals surface area contributed by atoms with Crippen molar-refractivity contribution in [3.8, 4) is 21.7 Å². The van der Waals surface area contributed by atoms with Crippen molar-refractivity contribution in [1.29, 1.82) is 0 Å². The molecule has 0 unspecified atom stereocenters. The minimum absolute atomic E-state index is 0.179. The van der Waals surface area contributed by atoms with Crippen molar-refractivity contribution < 1.29 is 14.4 Å². The van der Waals surface area contributed by atoms with Crippen LogP contribution in [0, 0.1) is 0 Å². The number of anilines is 1. The summed E-state index contributed by atoms with van der Waals surface area (Å²) in [6.45, 7) is -0.256. The van der Waals surface area contributed by atoms with Crippen molar-refractivity contribution in [1.82, 2.24) is 9.88 Å². The molecule has 1 fully saturated rings.